The Hall–Kier alpha value is -1.69. The molecule has 72 valence electrons. The van der Waals surface area contributed by atoms with E-state index >= 15 is 0 Å². The maximum Gasteiger partial charge on any atom is 0.225 e. The van der Waals surface area contributed by atoms with E-state index in [0.29, 0.717) is 5.82 Å². The first-order chi connectivity index (χ1) is 6.66. The second-order valence-electron chi connectivity index (χ2n) is 2.81. The van der Waals surface area contributed by atoms with Crippen LogP contribution >= 0.6 is 11.3 Å². The van der Waals surface area contributed by atoms with Crippen LogP contribution in [0.5, 0.6) is 0 Å². The average Bonchev–Trinajstić information content (AvgIpc) is 2.49. The standard InChI is InChI=1S/C8H9N5S/c1-4-2-3-14-5(4)6-11-7(9)13-8(10)12-6/h2-3H,1H3,(H4,9,10,11,12,13). The quantitative estimate of drug-likeness (QED) is 0.730. The lowest BCUT2D eigenvalue weighted by Gasteiger charge is -2.00. The molecule has 0 spiro atoms. The molecule has 5 nitrogen and oxygen atoms in total. The summed E-state index contributed by atoms with van der Waals surface area (Å²) in [4.78, 5) is 12.7. The van der Waals surface area contributed by atoms with E-state index in [1.54, 1.807) is 11.3 Å². The van der Waals surface area contributed by atoms with Crippen LogP contribution in [0.2, 0.25) is 0 Å². The highest BCUT2D eigenvalue weighted by atomic mass is 32.1. The average molecular weight is 207 g/mol. The van der Waals surface area contributed by atoms with Crippen molar-refractivity contribution < 1.29 is 0 Å². The topological polar surface area (TPSA) is 90.7 Å². The molecule has 0 aliphatic heterocycles. The summed E-state index contributed by atoms with van der Waals surface area (Å²) >= 11 is 1.56. The second-order valence-corrected chi connectivity index (χ2v) is 3.72. The maximum atomic E-state index is 5.48. The van der Waals surface area contributed by atoms with Gasteiger partial charge in [-0.25, -0.2) is 0 Å². The van der Waals surface area contributed by atoms with Crippen molar-refractivity contribution in [2.75, 3.05) is 11.5 Å². The lowest BCUT2D eigenvalue weighted by atomic mass is 10.3. The molecule has 2 aromatic heterocycles. The van der Waals surface area contributed by atoms with Gasteiger partial charge in [-0.15, -0.1) is 11.3 Å². The number of nitrogen functional groups attached to an aromatic ring is 2. The third kappa shape index (κ3) is 1.51. The lowest BCUT2D eigenvalue weighted by molar-refractivity contribution is 1.09. The van der Waals surface area contributed by atoms with Gasteiger partial charge in [0.05, 0.1) is 4.88 Å². The van der Waals surface area contributed by atoms with Crippen molar-refractivity contribution >= 4 is 23.2 Å². The summed E-state index contributed by atoms with van der Waals surface area (Å²) in [5, 5.41) is 1.97. The summed E-state index contributed by atoms with van der Waals surface area (Å²) < 4.78 is 0. The molecule has 6 heteroatoms. The molecule has 0 saturated heterocycles. The van der Waals surface area contributed by atoms with Crippen LogP contribution in [-0.2, 0) is 0 Å². The van der Waals surface area contributed by atoms with E-state index < -0.39 is 0 Å². The Balaban J connectivity index is 2.57. The first kappa shape index (κ1) is 8.89. The van der Waals surface area contributed by atoms with Crippen LogP contribution in [0, 0.1) is 6.92 Å². The van der Waals surface area contributed by atoms with Gasteiger partial charge in [0.1, 0.15) is 0 Å². The van der Waals surface area contributed by atoms with E-state index in [1.165, 1.54) is 0 Å². The van der Waals surface area contributed by atoms with Crippen molar-refractivity contribution in [2.24, 2.45) is 0 Å². The molecule has 14 heavy (non-hydrogen) atoms. The van der Waals surface area contributed by atoms with Crippen molar-refractivity contribution in [3.8, 4) is 10.7 Å². The van der Waals surface area contributed by atoms with Crippen molar-refractivity contribution in [2.45, 2.75) is 6.92 Å². The third-order valence-corrected chi connectivity index (χ3v) is 2.75. The van der Waals surface area contributed by atoms with Gasteiger partial charge < -0.3 is 11.5 Å². The fourth-order valence-corrected chi connectivity index (χ4v) is 1.97. The van der Waals surface area contributed by atoms with E-state index in [2.05, 4.69) is 15.0 Å². The Labute approximate surface area is 84.8 Å². The molecule has 2 aromatic rings. The number of aryl methyl sites for hydroxylation is 1. The van der Waals surface area contributed by atoms with Crippen molar-refractivity contribution in [1.29, 1.82) is 0 Å². The van der Waals surface area contributed by atoms with E-state index in [1.807, 2.05) is 18.4 Å². The van der Waals surface area contributed by atoms with Crippen LogP contribution in [0.25, 0.3) is 10.7 Å². The predicted molar refractivity (Wildman–Crippen MR) is 56.7 cm³/mol. The van der Waals surface area contributed by atoms with E-state index in [-0.39, 0.29) is 11.9 Å². The molecule has 0 radical (unpaired) electrons. The van der Waals surface area contributed by atoms with Gasteiger partial charge in [-0.3, -0.25) is 0 Å². The van der Waals surface area contributed by atoms with E-state index in [4.69, 9.17) is 11.5 Å². The molecule has 0 fully saturated rings. The summed E-state index contributed by atoms with van der Waals surface area (Å²) in [5.74, 6) is 0.850. The highest BCUT2D eigenvalue weighted by Crippen LogP contribution is 2.26. The zero-order valence-electron chi connectivity index (χ0n) is 7.56. The fourth-order valence-electron chi connectivity index (χ4n) is 1.11. The first-order valence-corrected chi connectivity index (χ1v) is 4.86. The van der Waals surface area contributed by atoms with Crippen LogP contribution in [-0.4, -0.2) is 15.0 Å². The molecule has 0 aliphatic carbocycles. The molecule has 2 rings (SSSR count). The molecule has 2 heterocycles. The number of rotatable bonds is 1. The lowest BCUT2D eigenvalue weighted by Crippen LogP contribution is -2.03. The van der Waals surface area contributed by atoms with Gasteiger partial charge in [0, 0.05) is 0 Å². The Kier molecular flexibility index (Phi) is 2.05. The summed E-state index contributed by atoms with van der Waals surface area (Å²) in [6.07, 6.45) is 0. The van der Waals surface area contributed by atoms with Gasteiger partial charge in [0.2, 0.25) is 11.9 Å². The zero-order valence-corrected chi connectivity index (χ0v) is 8.38. The molecule has 0 atom stereocenters. The largest absolute Gasteiger partial charge is 0.368 e. The molecule has 0 bridgehead atoms. The van der Waals surface area contributed by atoms with Crippen LogP contribution in [0.1, 0.15) is 5.56 Å². The smallest absolute Gasteiger partial charge is 0.225 e. The maximum absolute atomic E-state index is 5.48. The van der Waals surface area contributed by atoms with Crippen LogP contribution in [0.3, 0.4) is 0 Å². The molecular formula is C8H9N5S. The number of nitrogens with zero attached hydrogens (tertiary/aromatic N) is 3. The molecule has 0 amide bonds. The minimum Gasteiger partial charge on any atom is -0.368 e. The van der Waals surface area contributed by atoms with Crippen molar-refractivity contribution in [3.05, 3.63) is 17.0 Å². The highest BCUT2D eigenvalue weighted by molar-refractivity contribution is 7.13. The Morgan fingerprint density at radius 3 is 2.29 bits per heavy atom. The first-order valence-electron chi connectivity index (χ1n) is 3.98. The van der Waals surface area contributed by atoms with Crippen molar-refractivity contribution in [3.63, 3.8) is 0 Å². The summed E-state index contributed by atoms with van der Waals surface area (Å²) in [6.45, 7) is 1.99. The van der Waals surface area contributed by atoms with Gasteiger partial charge in [-0.2, -0.15) is 15.0 Å². The molecule has 0 aromatic carbocycles. The molecule has 0 saturated carbocycles. The SMILES string of the molecule is Cc1ccsc1-c1nc(N)nc(N)n1. The monoisotopic (exact) mass is 207 g/mol. The van der Waals surface area contributed by atoms with Gasteiger partial charge >= 0.3 is 0 Å². The number of aromatic nitrogens is 3. The fraction of sp³-hybridized carbons (Fsp3) is 0.125. The number of hydrogen-bond donors (Lipinski definition) is 2. The number of anilines is 2. The Bertz CT molecular complexity index is 444. The highest BCUT2D eigenvalue weighted by Gasteiger charge is 2.08. The van der Waals surface area contributed by atoms with Gasteiger partial charge in [-0.05, 0) is 23.9 Å². The minimum absolute atomic E-state index is 0.153. The third-order valence-electron chi connectivity index (χ3n) is 1.74. The number of thiophene rings is 1. The van der Waals surface area contributed by atoms with E-state index in [9.17, 15) is 0 Å². The zero-order chi connectivity index (χ0) is 10.1. The van der Waals surface area contributed by atoms with Crippen molar-refractivity contribution in [1.82, 2.24) is 15.0 Å². The van der Waals surface area contributed by atoms with Gasteiger partial charge in [0.15, 0.2) is 5.82 Å². The van der Waals surface area contributed by atoms with E-state index in [0.717, 1.165) is 10.4 Å². The van der Waals surface area contributed by atoms with Crippen LogP contribution in [0.4, 0.5) is 11.9 Å². The Morgan fingerprint density at radius 1 is 1.14 bits per heavy atom. The summed E-state index contributed by atoms with van der Waals surface area (Å²) in [7, 11) is 0. The van der Waals surface area contributed by atoms with Crippen LogP contribution in [0.15, 0.2) is 11.4 Å². The molecule has 0 unspecified atom stereocenters. The molecule has 4 N–H and O–H groups in total. The predicted octanol–water partition coefficient (Wildman–Crippen LogP) is 1.07. The number of hydrogen-bond acceptors (Lipinski definition) is 6. The second kappa shape index (κ2) is 3.22. The molecule has 0 aliphatic rings. The summed E-state index contributed by atoms with van der Waals surface area (Å²) in [5.41, 5.74) is 12.1. The normalized spacial score (nSPS) is 10.4. The minimum atomic E-state index is 0.153. The number of nitrogens with two attached hydrogens (primary N) is 2. The Morgan fingerprint density at radius 2 is 1.79 bits per heavy atom. The van der Waals surface area contributed by atoms with Crippen LogP contribution < -0.4 is 11.5 Å². The molecular weight excluding hydrogens is 198 g/mol. The van der Waals surface area contributed by atoms with Gasteiger partial charge in [0.25, 0.3) is 0 Å². The summed E-state index contributed by atoms with van der Waals surface area (Å²) in [6, 6.07) is 2.00. The van der Waals surface area contributed by atoms with Gasteiger partial charge in [-0.1, -0.05) is 0 Å².